The first-order chi connectivity index (χ1) is 12.6. The standard InChI is InChI=1S/C17H29Cl2O6PSi2/c1-8-17(26(21,24-27(2,3)4)25-28(5,6)7)23-16(20)12-22-15-10-9-13(18)11-14(15)19/h9-11,17H,8,12H2,1-7H3. The molecular formula is C17H29Cl2O6PSi2. The fourth-order valence-electron chi connectivity index (χ4n) is 2.19. The van der Waals surface area contributed by atoms with E-state index in [1.807, 2.05) is 39.3 Å². The van der Waals surface area contributed by atoms with Crippen molar-refractivity contribution in [1.29, 1.82) is 0 Å². The summed E-state index contributed by atoms with van der Waals surface area (Å²) in [5, 5.41) is 0.737. The van der Waals surface area contributed by atoms with Gasteiger partial charge in [0, 0.05) is 5.02 Å². The number of rotatable bonds is 10. The van der Waals surface area contributed by atoms with Crippen LogP contribution >= 0.6 is 30.8 Å². The highest BCUT2D eigenvalue weighted by Gasteiger charge is 2.44. The van der Waals surface area contributed by atoms with Gasteiger partial charge in [0.1, 0.15) is 5.75 Å². The Labute approximate surface area is 179 Å². The number of ether oxygens (including phenoxy) is 2. The zero-order valence-electron chi connectivity index (χ0n) is 17.4. The van der Waals surface area contributed by atoms with Crippen molar-refractivity contribution in [2.24, 2.45) is 0 Å². The third-order valence-corrected chi connectivity index (χ3v) is 11.1. The van der Waals surface area contributed by atoms with Crippen molar-refractivity contribution in [3.8, 4) is 5.75 Å². The first-order valence-corrected chi connectivity index (χ1v) is 18.1. The van der Waals surface area contributed by atoms with Crippen LogP contribution in [-0.4, -0.2) is 35.1 Å². The lowest BCUT2D eigenvalue weighted by molar-refractivity contribution is -0.148. The maximum Gasteiger partial charge on any atom is 0.351 e. The van der Waals surface area contributed by atoms with E-state index in [1.54, 1.807) is 19.1 Å². The van der Waals surface area contributed by atoms with Crippen LogP contribution < -0.4 is 4.74 Å². The van der Waals surface area contributed by atoms with Gasteiger partial charge in [-0.2, -0.15) is 0 Å². The maximum absolute atomic E-state index is 13.5. The van der Waals surface area contributed by atoms with Gasteiger partial charge in [0.25, 0.3) is 0 Å². The molecule has 1 unspecified atom stereocenters. The molecule has 0 aromatic heterocycles. The Balaban J connectivity index is 2.89. The lowest BCUT2D eigenvalue weighted by atomic mass is 10.3. The predicted octanol–water partition coefficient (Wildman–Crippen LogP) is 6.55. The molecule has 0 saturated carbocycles. The van der Waals surface area contributed by atoms with Gasteiger partial charge < -0.3 is 17.9 Å². The number of carbonyl (C=O) groups is 1. The third-order valence-electron chi connectivity index (χ3n) is 3.01. The van der Waals surface area contributed by atoms with Gasteiger partial charge in [0.2, 0.25) is 5.85 Å². The zero-order valence-corrected chi connectivity index (χ0v) is 21.8. The molecule has 0 aliphatic carbocycles. The molecular weight excluding hydrogens is 458 g/mol. The summed E-state index contributed by atoms with van der Waals surface area (Å²) >= 11 is 11.9. The Morgan fingerprint density at radius 3 is 2.04 bits per heavy atom. The highest BCUT2D eigenvalue weighted by atomic mass is 35.5. The predicted molar refractivity (Wildman–Crippen MR) is 119 cm³/mol. The molecule has 0 amide bonds. The van der Waals surface area contributed by atoms with E-state index in [9.17, 15) is 9.36 Å². The summed E-state index contributed by atoms with van der Waals surface area (Å²) in [6.45, 7) is 12.8. The topological polar surface area (TPSA) is 71.1 Å². The van der Waals surface area contributed by atoms with Crippen molar-refractivity contribution in [2.75, 3.05) is 6.61 Å². The molecule has 0 saturated heterocycles. The van der Waals surface area contributed by atoms with Crippen LogP contribution in [0.4, 0.5) is 0 Å². The second kappa shape index (κ2) is 10.1. The van der Waals surface area contributed by atoms with E-state index in [-0.39, 0.29) is 5.02 Å². The van der Waals surface area contributed by atoms with Gasteiger partial charge in [-0.25, -0.2) is 4.79 Å². The second-order valence-electron chi connectivity index (χ2n) is 8.16. The quantitative estimate of drug-likeness (QED) is 0.212. The van der Waals surface area contributed by atoms with Crippen molar-refractivity contribution >= 4 is 53.4 Å². The zero-order chi connectivity index (χ0) is 21.8. The minimum atomic E-state index is -3.66. The van der Waals surface area contributed by atoms with Crippen molar-refractivity contribution in [3.63, 3.8) is 0 Å². The SMILES string of the molecule is CCC(OC(=O)COc1ccc(Cl)cc1Cl)P(=O)(O[Si](C)(C)C)O[Si](C)(C)C. The average molecular weight is 487 g/mol. The number of hydrogen-bond donors (Lipinski definition) is 0. The maximum atomic E-state index is 13.5. The van der Waals surface area contributed by atoms with E-state index in [4.69, 9.17) is 41.1 Å². The molecule has 1 atom stereocenters. The monoisotopic (exact) mass is 486 g/mol. The summed E-state index contributed by atoms with van der Waals surface area (Å²) in [5.74, 6) is -1.38. The first kappa shape index (κ1) is 25.7. The van der Waals surface area contributed by atoms with Crippen molar-refractivity contribution in [2.45, 2.75) is 58.5 Å². The van der Waals surface area contributed by atoms with E-state index in [2.05, 4.69) is 0 Å². The molecule has 0 N–H and O–H groups in total. The van der Waals surface area contributed by atoms with Crippen LogP contribution in [0.3, 0.4) is 0 Å². The van der Waals surface area contributed by atoms with Crippen molar-refractivity contribution in [3.05, 3.63) is 28.2 Å². The van der Waals surface area contributed by atoms with Crippen LogP contribution in [0.2, 0.25) is 49.3 Å². The normalized spacial score (nSPS) is 13.9. The van der Waals surface area contributed by atoms with Gasteiger partial charge in [-0.05, 0) is 63.9 Å². The molecule has 0 heterocycles. The van der Waals surface area contributed by atoms with Crippen molar-refractivity contribution in [1.82, 2.24) is 0 Å². The van der Waals surface area contributed by atoms with Gasteiger partial charge in [-0.3, -0.25) is 4.57 Å². The molecule has 0 aliphatic rings. The molecule has 0 radical (unpaired) electrons. The lowest BCUT2D eigenvalue weighted by Gasteiger charge is -2.34. The molecule has 1 aromatic rings. The van der Waals surface area contributed by atoms with Gasteiger partial charge in [0.05, 0.1) is 5.02 Å². The van der Waals surface area contributed by atoms with E-state index in [1.165, 1.54) is 6.07 Å². The smallest absolute Gasteiger partial charge is 0.351 e. The molecule has 6 nitrogen and oxygen atoms in total. The molecule has 160 valence electrons. The minimum absolute atomic E-state index is 0.280. The van der Waals surface area contributed by atoms with Crippen LogP contribution in [0.25, 0.3) is 0 Å². The Morgan fingerprint density at radius 2 is 1.61 bits per heavy atom. The number of carbonyl (C=O) groups excluding carboxylic acids is 1. The Morgan fingerprint density at radius 1 is 1.07 bits per heavy atom. The van der Waals surface area contributed by atoms with Gasteiger partial charge in [-0.1, -0.05) is 30.1 Å². The summed E-state index contributed by atoms with van der Waals surface area (Å²) in [6.07, 6.45) is 0.291. The average Bonchev–Trinajstić information content (AvgIpc) is 2.47. The Hall–Kier alpha value is -0.346. The molecule has 0 bridgehead atoms. The molecule has 11 heteroatoms. The van der Waals surface area contributed by atoms with Gasteiger partial charge >= 0.3 is 13.6 Å². The van der Waals surface area contributed by atoms with Crippen LogP contribution in [0.15, 0.2) is 18.2 Å². The fraction of sp³-hybridized carbons (Fsp3) is 0.588. The number of halogens is 2. The lowest BCUT2D eigenvalue weighted by Crippen LogP contribution is -2.35. The molecule has 0 aliphatic heterocycles. The summed E-state index contributed by atoms with van der Waals surface area (Å²) in [4.78, 5) is 12.3. The number of esters is 1. The third kappa shape index (κ3) is 8.99. The molecule has 0 spiro atoms. The van der Waals surface area contributed by atoms with Gasteiger partial charge in [0.15, 0.2) is 23.2 Å². The van der Waals surface area contributed by atoms with Crippen molar-refractivity contribution < 1.29 is 27.3 Å². The molecule has 1 aromatic carbocycles. The highest BCUT2D eigenvalue weighted by Crippen LogP contribution is 2.58. The highest BCUT2D eigenvalue weighted by molar-refractivity contribution is 7.57. The largest absolute Gasteiger partial charge is 0.480 e. The van der Waals surface area contributed by atoms with E-state index in [0.29, 0.717) is 17.2 Å². The Kier molecular flexibility index (Phi) is 9.28. The molecule has 28 heavy (non-hydrogen) atoms. The second-order valence-corrected chi connectivity index (χ2v) is 20.6. The molecule has 0 fully saturated rings. The van der Waals surface area contributed by atoms with Crippen LogP contribution in [0.5, 0.6) is 5.75 Å². The summed E-state index contributed by atoms with van der Waals surface area (Å²) in [5.41, 5.74) is 0. The Bertz CT molecular complexity index is 713. The van der Waals surface area contributed by atoms with Crippen LogP contribution in [0, 0.1) is 0 Å². The summed E-state index contributed by atoms with van der Waals surface area (Å²) < 4.78 is 36.2. The van der Waals surface area contributed by atoms with E-state index < -0.39 is 42.7 Å². The first-order valence-electron chi connectivity index (χ1n) is 8.94. The summed E-state index contributed by atoms with van der Waals surface area (Å²) in [6, 6.07) is 4.67. The number of benzene rings is 1. The fourth-order valence-corrected chi connectivity index (χ4v) is 10.9. The van der Waals surface area contributed by atoms with E-state index >= 15 is 0 Å². The van der Waals surface area contributed by atoms with Gasteiger partial charge in [-0.15, -0.1) is 0 Å². The number of hydrogen-bond acceptors (Lipinski definition) is 6. The van der Waals surface area contributed by atoms with E-state index in [0.717, 1.165) is 0 Å². The van der Waals surface area contributed by atoms with Crippen LogP contribution in [0.1, 0.15) is 13.3 Å². The van der Waals surface area contributed by atoms with Crippen LogP contribution in [-0.2, 0) is 22.5 Å². The summed E-state index contributed by atoms with van der Waals surface area (Å²) in [7, 11) is -8.11. The molecule has 1 rings (SSSR count). The minimum Gasteiger partial charge on any atom is -0.480 e.